The summed E-state index contributed by atoms with van der Waals surface area (Å²) in [6.07, 6.45) is 7.77. The highest BCUT2D eigenvalue weighted by molar-refractivity contribution is 5.86. The summed E-state index contributed by atoms with van der Waals surface area (Å²) < 4.78 is 0. The van der Waals surface area contributed by atoms with Gasteiger partial charge in [0, 0.05) is 6.04 Å². The molecule has 0 fully saturated rings. The molecule has 2 rings (SSSR count). The smallest absolute Gasteiger partial charge is 0.0326 e. The molecule has 1 heteroatoms. The normalized spacial score (nSPS) is 12.7. The van der Waals surface area contributed by atoms with Crippen molar-refractivity contribution in [2.24, 2.45) is 0 Å². The minimum atomic E-state index is 0.493. The third-order valence-corrected chi connectivity index (χ3v) is 4.19. The van der Waals surface area contributed by atoms with Gasteiger partial charge in [0.1, 0.15) is 0 Å². The average molecular weight is 283 g/mol. The van der Waals surface area contributed by atoms with E-state index in [0.717, 1.165) is 6.54 Å². The molecule has 1 atom stereocenters. The summed E-state index contributed by atoms with van der Waals surface area (Å²) in [5.74, 6) is 0. The minimum Gasteiger partial charge on any atom is -0.310 e. The lowest BCUT2D eigenvalue weighted by Gasteiger charge is -2.21. The summed E-state index contributed by atoms with van der Waals surface area (Å²) in [6.45, 7) is 5.61. The zero-order chi connectivity index (χ0) is 14.9. The zero-order valence-corrected chi connectivity index (χ0v) is 13.6. The van der Waals surface area contributed by atoms with E-state index in [-0.39, 0.29) is 0 Å². The third kappa shape index (κ3) is 4.57. The number of hydrogen-bond acceptors (Lipinski definition) is 1. The van der Waals surface area contributed by atoms with Crippen LogP contribution in [-0.2, 0) is 0 Å². The number of benzene rings is 2. The van der Waals surface area contributed by atoms with Crippen molar-refractivity contribution in [2.45, 2.75) is 58.4 Å². The number of fused-ring (bicyclic) bond motifs is 1. The second kappa shape index (κ2) is 8.84. The van der Waals surface area contributed by atoms with E-state index in [4.69, 9.17) is 0 Å². The molecule has 0 radical (unpaired) electrons. The maximum Gasteiger partial charge on any atom is 0.0326 e. The van der Waals surface area contributed by atoms with Crippen LogP contribution in [0.3, 0.4) is 0 Å². The van der Waals surface area contributed by atoms with E-state index >= 15 is 0 Å². The molecular formula is C20H29N. The van der Waals surface area contributed by atoms with Crippen LogP contribution in [0.15, 0.2) is 42.5 Å². The maximum atomic E-state index is 3.75. The first kappa shape index (κ1) is 16.0. The summed E-state index contributed by atoms with van der Waals surface area (Å²) in [7, 11) is 0. The van der Waals surface area contributed by atoms with Crippen LogP contribution in [0.2, 0.25) is 0 Å². The van der Waals surface area contributed by atoms with Gasteiger partial charge in [0.25, 0.3) is 0 Å². The van der Waals surface area contributed by atoms with Gasteiger partial charge in [-0.25, -0.2) is 0 Å². The molecule has 0 aliphatic heterocycles. The van der Waals surface area contributed by atoms with Crippen molar-refractivity contribution in [3.05, 3.63) is 48.0 Å². The first-order valence-corrected chi connectivity index (χ1v) is 8.57. The number of unbranched alkanes of at least 4 members (excludes halogenated alkanes) is 3. The Balaban J connectivity index is 2.17. The van der Waals surface area contributed by atoms with Gasteiger partial charge >= 0.3 is 0 Å². The van der Waals surface area contributed by atoms with Gasteiger partial charge in [-0.2, -0.15) is 0 Å². The fourth-order valence-electron chi connectivity index (χ4n) is 3.02. The molecular weight excluding hydrogens is 254 g/mol. The van der Waals surface area contributed by atoms with Gasteiger partial charge in [0.2, 0.25) is 0 Å². The van der Waals surface area contributed by atoms with Crippen LogP contribution in [0.25, 0.3) is 10.8 Å². The van der Waals surface area contributed by atoms with E-state index in [0.29, 0.717) is 6.04 Å². The molecule has 0 aromatic heterocycles. The summed E-state index contributed by atoms with van der Waals surface area (Å²) in [4.78, 5) is 0. The lowest BCUT2D eigenvalue weighted by molar-refractivity contribution is 0.473. The van der Waals surface area contributed by atoms with Crippen LogP contribution < -0.4 is 5.32 Å². The van der Waals surface area contributed by atoms with Crippen molar-refractivity contribution in [3.8, 4) is 0 Å². The monoisotopic (exact) mass is 283 g/mol. The van der Waals surface area contributed by atoms with Gasteiger partial charge in [0.15, 0.2) is 0 Å². The first-order valence-electron chi connectivity index (χ1n) is 8.57. The van der Waals surface area contributed by atoms with Gasteiger partial charge in [-0.05, 0) is 35.7 Å². The lowest BCUT2D eigenvalue weighted by Crippen LogP contribution is -2.22. The fraction of sp³-hybridized carbons (Fsp3) is 0.500. The van der Waals surface area contributed by atoms with Crippen LogP contribution in [-0.4, -0.2) is 6.54 Å². The highest BCUT2D eigenvalue weighted by Gasteiger charge is 2.13. The molecule has 21 heavy (non-hydrogen) atoms. The Labute approximate surface area is 129 Å². The minimum absolute atomic E-state index is 0.493. The zero-order valence-electron chi connectivity index (χ0n) is 13.6. The molecule has 1 nitrogen and oxygen atoms in total. The molecule has 1 unspecified atom stereocenters. The van der Waals surface area contributed by atoms with E-state index in [1.54, 1.807) is 0 Å². The van der Waals surface area contributed by atoms with Gasteiger partial charge in [0.05, 0.1) is 0 Å². The number of nitrogens with one attached hydrogen (secondary N) is 1. The van der Waals surface area contributed by atoms with Gasteiger partial charge in [-0.15, -0.1) is 0 Å². The van der Waals surface area contributed by atoms with E-state index < -0.39 is 0 Å². The summed E-state index contributed by atoms with van der Waals surface area (Å²) in [5.41, 5.74) is 1.47. The largest absolute Gasteiger partial charge is 0.310 e. The molecule has 114 valence electrons. The molecule has 0 heterocycles. The van der Waals surface area contributed by atoms with Crippen LogP contribution in [0, 0.1) is 0 Å². The molecule has 0 bridgehead atoms. The van der Waals surface area contributed by atoms with Gasteiger partial charge in [-0.1, -0.05) is 82.0 Å². The van der Waals surface area contributed by atoms with E-state index in [9.17, 15) is 0 Å². The van der Waals surface area contributed by atoms with Gasteiger partial charge < -0.3 is 5.32 Å². The molecule has 0 aliphatic carbocycles. The SMILES string of the molecule is CCCCCCC(NCCC)c1cccc2ccccc12. The standard InChI is InChI=1S/C20H29N/c1-3-5-6-7-15-20(21-16-4-2)19-14-10-12-17-11-8-9-13-18(17)19/h8-14,20-21H,3-7,15-16H2,1-2H3. The first-order chi connectivity index (χ1) is 10.4. The van der Waals surface area contributed by atoms with Crippen LogP contribution in [0.5, 0.6) is 0 Å². The van der Waals surface area contributed by atoms with Crippen LogP contribution in [0.1, 0.15) is 64.0 Å². The Morgan fingerprint density at radius 1 is 0.857 bits per heavy atom. The summed E-state index contributed by atoms with van der Waals surface area (Å²) in [5, 5.41) is 6.51. The molecule has 2 aromatic rings. The van der Waals surface area contributed by atoms with Crippen LogP contribution >= 0.6 is 0 Å². The molecule has 1 N–H and O–H groups in total. The second-order valence-electron chi connectivity index (χ2n) is 5.92. The van der Waals surface area contributed by atoms with Crippen molar-refractivity contribution in [3.63, 3.8) is 0 Å². The quantitative estimate of drug-likeness (QED) is 0.569. The third-order valence-electron chi connectivity index (χ3n) is 4.19. The Morgan fingerprint density at radius 3 is 2.48 bits per heavy atom. The topological polar surface area (TPSA) is 12.0 Å². The molecule has 2 aromatic carbocycles. The van der Waals surface area contributed by atoms with Crippen molar-refractivity contribution < 1.29 is 0 Å². The second-order valence-corrected chi connectivity index (χ2v) is 5.92. The Hall–Kier alpha value is -1.34. The number of rotatable bonds is 9. The average Bonchev–Trinajstić information content (AvgIpc) is 2.54. The highest BCUT2D eigenvalue weighted by Crippen LogP contribution is 2.27. The Bertz CT molecular complexity index is 527. The Morgan fingerprint density at radius 2 is 1.67 bits per heavy atom. The van der Waals surface area contributed by atoms with Gasteiger partial charge in [-0.3, -0.25) is 0 Å². The predicted molar refractivity (Wildman–Crippen MR) is 93.7 cm³/mol. The molecule has 0 saturated carbocycles. The van der Waals surface area contributed by atoms with Crippen molar-refractivity contribution in [1.82, 2.24) is 5.32 Å². The van der Waals surface area contributed by atoms with Crippen molar-refractivity contribution in [1.29, 1.82) is 0 Å². The molecule has 0 aliphatic rings. The van der Waals surface area contributed by atoms with E-state index in [1.807, 2.05) is 0 Å². The highest BCUT2D eigenvalue weighted by atomic mass is 14.9. The number of hydrogen-bond donors (Lipinski definition) is 1. The maximum absolute atomic E-state index is 3.75. The van der Waals surface area contributed by atoms with Crippen molar-refractivity contribution in [2.75, 3.05) is 6.54 Å². The fourth-order valence-corrected chi connectivity index (χ4v) is 3.02. The molecule has 0 amide bonds. The van der Waals surface area contributed by atoms with Crippen molar-refractivity contribution >= 4 is 10.8 Å². The summed E-state index contributed by atoms with van der Waals surface area (Å²) >= 11 is 0. The predicted octanol–water partition coefficient (Wildman–Crippen LogP) is 5.85. The summed E-state index contributed by atoms with van der Waals surface area (Å²) in [6, 6.07) is 16.0. The molecule has 0 spiro atoms. The molecule has 0 saturated heterocycles. The van der Waals surface area contributed by atoms with E-state index in [2.05, 4.69) is 61.6 Å². The Kier molecular flexibility index (Phi) is 6.75. The van der Waals surface area contributed by atoms with E-state index in [1.165, 1.54) is 54.9 Å². The van der Waals surface area contributed by atoms with Crippen LogP contribution in [0.4, 0.5) is 0 Å². The lowest BCUT2D eigenvalue weighted by atomic mass is 9.94.